The van der Waals surface area contributed by atoms with E-state index < -0.39 is 18.7 Å². The molecule has 0 aliphatic carbocycles. The number of hydrogen-bond donors (Lipinski definition) is 3. The molecule has 0 saturated carbocycles. The zero-order chi connectivity index (χ0) is 12.0. The average Bonchev–Trinajstić information content (AvgIpc) is 2.10. The summed E-state index contributed by atoms with van der Waals surface area (Å²) < 4.78 is 0. The Hall–Kier alpha value is -0.200. The van der Waals surface area contributed by atoms with Crippen molar-refractivity contribution in [1.82, 2.24) is 9.80 Å². The van der Waals surface area contributed by atoms with E-state index in [4.69, 9.17) is 0 Å². The molecule has 0 spiro atoms. The normalized spacial score (nSPS) is 18.2. The molecule has 0 radical (unpaired) electrons. The summed E-state index contributed by atoms with van der Waals surface area (Å²) in [6, 6.07) is 0. The van der Waals surface area contributed by atoms with Crippen molar-refractivity contribution in [2.45, 2.75) is 46.4 Å². The fraction of sp³-hybridized carbons (Fsp3) is 1.00. The quantitative estimate of drug-likeness (QED) is 0.511. The molecular weight excluding hydrogens is 196 g/mol. The first kappa shape index (κ1) is 14.8. The van der Waals surface area contributed by atoms with Gasteiger partial charge in [0.2, 0.25) is 0 Å². The fourth-order valence-electron chi connectivity index (χ4n) is 1.54. The molecule has 0 aliphatic rings. The molecule has 0 amide bonds. The highest BCUT2D eigenvalue weighted by Crippen LogP contribution is 2.03. The monoisotopic (exact) mass is 220 g/mol. The van der Waals surface area contributed by atoms with Gasteiger partial charge in [0.25, 0.3) is 0 Å². The van der Waals surface area contributed by atoms with E-state index in [-0.39, 0.29) is 0 Å². The van der Waals surface area contributed by atoms with Crippen molar-refractivity contribution in [3.8, 4) is 0 Å². The molecule has 92 valence electrons. The van der Waals surface area contributed by atoms with Crippen LogP contribution in [0.1, 0.15) is 27.7 Å². The van der Waals surface area contributed by atoms with Crippen LogP contribution < -0.4 is 0 Å². The van der Waals surface area contributed by atoms with Crippen LogP contribution in [-0.2, 0) is 0 Å². The molecular formula is C10H24N2O3. The summed E-state index contributed by atoms with van der Waals surface area (Å²) in [4.78, 5) is 3.42. The van der Waals surface area contributed by atoms with E-state index in [1.165, 1.54) is 0 Å². The molecule has 0 fully saturated rings. The second-order valence-corrected chi connectivity index (χ2v) is 3.76. The first-order chi connectivity index (χ1) is 6.90. The van der Waals surface area contributed by atoms with E-state index in [9.17, 15) is 15.3 Å². The molecule has 0 aliphatic heterocycles. The summed E-state index contributed by atoms with van der Waals surface area (Å²) in [6.07, 6.45) is -1.87. The van der Waals surface area contributed by atoms with Gasteiger partial charge in [-0.25, -0.2) is 0 Å². The van der Waals surface area contributed by atoms with Gasteiger partial charge >= 0.3 is 0 Å². The largest absolute Gasteiger partial charge is 0.379 e. The van der Waals surface area contributed by atoms with E-state index in [0.29, 0.717) is 13.1 Å². The number of aliphatic hydroxyl groups is 3. The standard InChI is InChI=1S/C10H24N2O3/c1-5-11(8(2)13)6-7-12(9(3)14)10(4)15/h8-10,13-15H,5-7H2,1-4H3. The number of hydrogen-bond acceptors (Lipinski definition) is 5. The van der Waals surface area contributed by atoms with Crippen molar-refractivity contribution in [2.24, 2.45) is 0 Å². The predicted octanol–water partition coefficient (Wildman–Crippen LogP) is -0.375. The number of nitrogens with zero attached hydrogens (tertiary/aromatic N) is 2. The Morgan fingerprint density at radius 3 is 1.60 bits per heavy atom. The van der Waals surface area contributed by atoms with Crippen LogP contribution in [0, 0.1) is 0 Å². The van der Waals surface area contributed by atoms with Gasteiger partial charge in [-0.15, -0.1) is 0 Å². The van der Waals surface area contributed by atoms with Crippen LogP contribution in [0.4, 0.5) is 0 Å². The maximum Gasteiger partial charge on any atom is 0.106 e. The summed E-state index contributed by atoms with van der Waals surface area (Å²) in [7, 11) is 0. The number of likely N-dealkylation sites (N-methyl/N-ethyl adjacent to an activating group) is 1. The molecule has 0 aromatic carbocycles. The summed E-state index contributed by atoms with van der Waals surface area (Å²) in [6.45, 7) is 8.78. The Labute approximate surface area is 91.9 Å². The lowest BCUT2D eigenvalue weighted by atomic mass is 10.3. The third-order valence-corrected chi connectivity index (χ3v) is 2.54. The molecule has 0 heterocycles. The van der Waals surface area contributed by atoms with Crippen LogP contribution in [0.25, 0.3) is 0 Å². The molecule has 0 saturated heterocycles. The van der Waals surface area contributed by atoms with Crippen molar-refractivity contribution in [3.05, 3.63) is 0 Å². The maximum absolute atomic E-state index is 9.39. The number of aliphatic hydroxyl groups excluding tert-OH is 3. The molecule has 0 aromatic rings. The first-order valence-corrected chi connectivity index (χ1v) is 5.44. The zero-order valence-corrected chi connectivity index (χ0v) is 10.1. The lowest BCUT2D eigenvalue weighted by Gasteiger charge is -2.31. The zero-order valence-electron chi connectivity index (χ0n) is 10.1. The Kier molecular flexibility index (Phi) is 7.04. The second kappa shape index (κ2) is 7.14. The van der Waals surface area contributed by atoms with Crippen molar-refractivity contribution in [3.63, 3.8) is 0 Å². The van der Waals surface area contributed by atoms with Gasteiger partial charge in [0.1, 0.15) is 18.7 Å². The van der Waals surface area contributed by atoms with Crippen LogP contribution in [0.2, 0.25) is 0 Å². The summed E-state index contributed by atoms with van der Waals surface area (Å²) in [5.74, 6) is 0. The third-order valence-electron chi connectivity index (χ3n) is 2.54. The minimum absolute atomic E-state index is 0.500. The molecule has 3 unspecified atom stereocenters. The Morgan fingerprint density at radius 2 is 1.33 bits per heavy atom. The minimum atomic E-state index is -0.683. The topological polar surface area (TPSA) is 67.2 Å². The van der Waals surface area contributed by atoms with Gasteiger partial charge in [-0.2, -0.15) is 0 Å². The van der Waals surface area contributed by atoms with Crippen LogP contribution >= 0.6 is 0 Å². The van der Waals surface area contributed by atoms with Gasteiger partial charge in [-0.05, 0) is 27.3 Å². The third kappa shape index (κ3) is 5.44. The molecule has 0 rings (SSSR count). The van der Waals surface area contributed by atoms with E-state index in [2.05, 4.69) is 0 Å². The van der Waals surface area contributed by atoms with Gasteiger partial charge in [-0.3, -0.25) is 9.80 Å². The molecule has 5 nitrogen and oxygen atoms in total. The van der Waals surface area contributed by atoms with Gasteiger partial charge < -0.3 is 15.3 Å². The van der Waals surface area contributed by atoms with Gasteiger partial charge in [-0.1, -0.05) is 6.92 Å². The summed E-state index contributed by atoms with van der Waals surface area (Å²) in [5, 5.41) is 28.2. The Bertz CT molecular complexity index is 155. The van der Waals surface area contributed by atoms with Gasteiger partial charge in [0, 0.05) is 13.1 Å². The maximum atomic E-state index is 9.39. The Morgan fingerprint density at radius 1 is 0.867 bits per heavy atom. The van der Waals surface area contributed by atoms with E-state index in [1.54, 1.807) is 25.7 Å². The average molecular weight is 220 g/mol. The minimum Gasteiger partial charge on any atom is -0.379 e. The lowest BCUT2D eigenvalue weighted by Crippen LogP contribution is -2.46. The van der Waals surface area contributed by atoms with Gasteiger partial charge in [0.05, 0.1) is 0 Å². The van der Waals surface area contributed by atoms with Crippen molar-refractivity contribution in [1.29, 1.82) is 0 Å². The highest BCUT2D eigenvalue weighted by atomic mass is 16.3. The number of rotatable bonds is 7. The van der Waals surface area contributed by atoms with Crippen LogP contribution in [0.15, 0.2) is 0 Å². The van der Waals surface area contributed by atoms with E-state index in [1.807, 2.05) is 11.8 Å². The van der Waals surface area contributed by atoms with Gasteiger partial charge in [0.15, 0.2) is 0 Å². The highest BCUT2D eigenvalue weighted by molar-refractivity contribution is 4.64. The molecule has 15 heavy (non-hydrogen) atoms. The smallest absolute Gasteiger partial charge is 0.106 e. The van der Waals surface area contributed by atoms with E-state index >= 15 is 0 Å². The molecule has 5 heteroatoms. The summed E-state index contributed by atoms with van der Waals surface area (Å²) in [5.41, 5.74) is 0. The summed E-state index contributed by atoms with van der Waals surface area (Å²) >= 11 is 0. The van der Waals surface area contributed by atoms with E-state index in [0.717, 1.165) is 6.54 Å². The van der Waals surface area contributed by atoms with Crippen LogP contribution in [0.3, 0.4) is 0 Å². The second-order valence-electron chi connectivity index (χ2n) is 3.76. The van der Waals surface area contributed by atoms with Crippen molar-refractivity contribution < 1.29 is 15.3 Å². The van der Waals surface area contributed by atoms with Crippen LogP contribution in [-0.4, -0.2) is 63.4 Å². The first-order valence-electron chi connectivity index (χ1n) is 5.44. The van der Waals surface area contributed by atoms with Crippen molar-refractivity contribution >= 4 is 0 Å². The molecule has 3 N–H and O–H groups in total. The Balaban J connectivity index is 4.08. The molecule has 0 bridgehead atoms. The van der Waals surface area contributed by atoms with Crippen LogP contribution in [0.5, 0.6) is 0 Å². The molecule has 3 atom stereocenters. The van der Waals surface area contributed by atoms with Crippen molar-refractivity contribution in [2.75, 3.05) is 19.6 Å². The fourth-order valence-corrected chi connectivity index (χ4v) is 1.54. The lowest BCUT2D eigenvalue weighted by molar-refractivity contribution is -0.0928. The highest BCUT2D eigenvalue weighted by Gasteiger charge is 2.17. The predicted molar refractivity (Wildman–Crippen MR) is 59.0 cm³/mol. The SMILES string of the molecule is CCN(CCN(C(C)O)C(C)O)C(C)O. The molecule has 0 aromatic heterocycles.